The second-order valence-electron chi connectivity index (χ2n) is 9.01. The van der Waals surface area contributed by atoms with Gasteiger partial charge >= 0.3 is 23.9 Å². The normalized spacial score (nSPS) is 30.7. The zero-order valence-corrected chi connectivity index (χ0v) is 20.7. The first-order chi connectivity index (χ1) is 16.4. The SMILES string of the molecule is C=C1C(=O)O[C@@H]2/C=C(/CO)C[C@@H](O)/C=C(/C(=O)OC)[C@@H](OC(=O)[C@H](C)CC)[C@@H](OC(=O)C(C)C)[C@@H]12. The molecule has 10 heteroatoms. The first kappa shape index (κ1) is 28.3. The van der Waals surface area contributed by atoms with Crippen LogP contribution in [-0.2, 0) is 38.1 Å². The quantitative estimate of drug-likeness (QED) is 0.230. The van der Waals surface area contributed by atoms with Crippen LogP contribution in [0.4, 0.5) is 0 Å². The number of hydrogen-bond acceptors (Lipinski definition) is 10. The van der Waals surface area contributed by atoms with Gasteiger partial charge in [0.25, 0.3) is 0 Å². The van der Waals surface area contributed by atoms with Crippen LogP contribution in [0.15, 0.2) is 35.5 Å². The maximum absolute atomic E-state index is 12.9. The van der Waals surface area contributed by atoms with E-state index in [4.69, 9.17) is 18.9 Å². The van der Waals surface area contributed by atoms with Crippen LogP contribution in [0, 0.1) is 17.8 Å². The summed E-state index contributed by atoms with van der Waals surface area (Å²) in [6.45, 7) is 9.92. The summed E-state index contributed by atoms with van der Waals surface area (Å²) in [7, 11) is 1.11. The van der Waals surface area contributed by atoms with Crippen molar-refractivity contribution < 1.29 is 48.3 Å². The Balaban J connectivity index is 2.79. The lowest BCUT2D eigenvalue weighted by Gasteiger charge is -2.34. The summed E-state index contributed by atoms with van der Waals surface area (Å²) in [6, 6.07) is 0. The van der Waals surface area contributed by atoms with Gasteiger partial charge in [-0.05, 0) is 24.1 Å². The van der Waals surface area contributed by atoms with Crippen LogP contribution in [0.25, 0.3) is 0 Å². The number of esters is 4. The number of ether oxygens (including phenoxy) is 4. The molecule has 10 nitrogen and oxygen atoms in total. The van der Waals surface area contributed by atoms with Gasteiger partial charge in [0.2, 0.25) is 0 Å². The molecule has 0 aromatic heterocycles. The van der Waals surface area contributed by atoms with Gasteiger partial charge in [0.15, 0.2) is 12.2 Å². The van der Waals surface area contributed by atoms with Crippen molar-refractivity contribution in [1.29, 1.82) is 0 Å². The van der Waals surface area contributed by atoms with Crippen molar-refractivity contribution in [3.05, 3.63) is 35.5 Å². The Morgan fingerprint density at radius 1 is 1.17 bits per heavy atom. The lowest BCUT2D eigenvalue weighted by Crippen LogP contribution is -2.47. The van der Waals surface area contributed by atoms with Crippen LogP contribution in [0.3, 0.4) is 0 Å². The first-order valence-corrected chi connectivity index (χ1v) is 11.5. The van der Waals surface area contributed by atoms with Crippen molar-refractivity contribution in [2.45, 2.75) is 65.0 Å². The average Bonchev–Trinajstić information content (AvgIpc) is 3.09. The number of methoxy groups -OCH3 is 1. The van der Waals surface area contributed by atoms with Gasteiger partial charge in [-0.3, -0.25) is 9.59 Å². The fourth-order valence-electron chi connectivity index (χ4n) is 3.79. The van der Waals surface area contributed by atoms with E-state index in [1.807, 2.05) is 0 Å². The second-order valence-corrected chi connectivity index (χ2v) is 9.01. The van der Waals surface area contributed by atoms with Crippen molar-refractivity contribution >= 4 is 23.9 Å². The summed E-state index contributed by atoms with van der Waals surface area (Å²) >= 11 is 0. The Bertz CT molecular complexity index is 915. The molecule has 1 heterocycles. The molecule has 0 amide bonds. The van der Waals surface area contributed by atoms with Crippen LogP contribution in [0.2, 0.25) is 0 Å². The number of aliphatic hydroxyl groups excluding tert-OH is 2. The number of rotatable bonds is 7. The monoisotopic (exact) mass is 494 g/mol. The molecule has 0 radical (unpaired) electrons. The van der Waals surface area contributed by atoms with E-state index in [9.17, 15) is 29.4 Å². The molecule has 1 saturated heterocycles. The van der Waals surface area contributed by atoms with Gasteiger partial charge in [0.05, 0.1) is 43.1 Å². The van der Waals surface area contributed by atoms with Crippen LogP contribution in [0.5, 0.6) is 0 Å². The molecule has 2 N–H and O–H groups in total. The standard InChI is InChI=1S/C25H34O10/c1-7-13(4)23(29)34-20-17(25(31)32-6)10-16(27)8-15(11-26)9-18-19(14(5)24(30)33-18)21(20)35-22(28)12(2)3/h9-10,12-13,16,18-21,26-27H,5,7-8,11H2,1-4,6H3/b15-9+,17-10+/t13-,16-,18-,19+,20-,21+/m1/s1. The highest BCUT2D eigenvalue weighted by molar-refractivity contribution is 5.93. The maximum Gasteiger partial charge on any atom is 0.337 e. The summed E-state index contributed by atoms with van der Waals surface area (Å²) in [5, 5.41) is 20.4. The third kappa shape index (κ3) is 6.58. The minimum absolute atomic E-state index is 0.0555. The summed E-state index contributed by atoms with van der Waals surface area (Å²) in [4.78, 5) is 50.9. The van der Waals surface area contributed by atoms with Crippen molar-refractivity contribution in [2.75, 3.05) is 13.7 Å². The fraction of sp³-hybridized carbons (Fsp3) is 0.600. The van der Waals surface area contributed by atoms with E-state index in [-0.39, 0.29) is 17.6 Å². The highest BCUT2D eigenvalue weighted by Crippen LogP contribution is 2.38. The molecule has 194 valence electrons. The Morgan fingerprint density at radius 2 is 1.83 bits per heavy atom. The molecule has 0 aromatic rings. The van der Waals surface area contributed by atoms with Gasteiger partial charge < -0.3 is 29.2 Å². The Morgan fingerprint density at radius 3 is 2.37 bits per heavy atom. The zero-order chi connectivity index (χ0) is 26.4. The Hall–Kier alpha value is -2.98. The number of hydrogen-bond donors (Lipinski definition) is 2. The van der Waals surface area contributed by atoms with Gasteiger partial charge in [0, 0.05) is 12.0 Å². The highest BCUT2D eigenvalue weighted by Gasteiger charge is 2.51. The van der Waals surface area contributed by atoms with E-state index in [1.165, 1.54) is 6.08 Å². The molecule has 0 saturated carbocycles. The summed E-state index contributed by atoms with van der Waals surface area (Å²) in [5.41, 5.74) is -0.0113. The predicted molar refractivity (Wildman–Crippen MR) is 122 cm³/mol. The van der Waals surface area contributed by atoms with Crippen molar-refractivity contribution in [3.63, 3.8) is 0 Å². The highest BCUT2D eigenvalue weighted by atomic mass is 16.6. The first-order valence-electron chi connectivity index (χ1n) is 11.5. The molecule has 1 fully saturated rings. The van der Waals surface area contributed by atoms with E-state index < -0.39 is 72.7 Å². The largest absolute Gasteiger partial charge is 0.466 e. The molecule has 0 bridgehead atoms. The van der Waals surface area contributed by atoms with Crippen LogP contribution in [0.1, 0.15) is 40.5 Å². The summed E-state index contributed by atoms with van der Waals surface area (Å²) < 4.78 is 21.8. The van der Waals surface area contributed by atoms with Crippen LogP contribution < -0.4 is 0 Å². The van der Waals surface area contributed by atoms with E-state index in [2.05, 4.69) is 6.58 Å². The Kier molecular flexibility index (Phi) is 9.79. The number of carbonyl (C=O) groups excluding carboxylic acids is 4. The van der Waals surface area contributed by atoms with Crippen molar-refractivity contribution in [1.82, 2.24) is 0 Å². The minimum atomic E-state index is -1.54. The van der Waals surface area contributed by atoms with E-state index in [0.717, 1.165) is 13.2 Å². The molecular formula is C25H34O10. The molecule has 1 aliphatic heterocycles. The van der Waals surface area contributed by atoms with Crippen molar-refractivity contribution in [3.8, 4) is 0 Å². The van der Waals surface area contributed by atoms with Gasteiger partial charge in [-0.1, -0.05) is 34.3 Å². The molecule has 0 unspecified atom stereocenters. The minimum Gasteiger partial charge on any atom is -0.466 e. The van der Waals surface area contributed by atoms with E-state index >= 15 is 0 Å². The molecule has 2 rings (SSSR count). The van der Waals surface area contributed by atoms with Gasteiger partial charge in [-0.2, -0.15) is 0 Å². The number of aliphatic hydroxyl groups is 2. The van der Waals surface area contributed by atoms with Gasteiger partial charge in [-0.25, -0.2) is 9.59 Å². The third-order valence-electron chi connectivity index (χ3n) is 6.07. The zero-order valence-electron chi connectivity index (χ0n) is 20.7. The third-order valence-corrected chi connectivity index (χ3v) is 6.07. The van der Waals surface area contributed by atoms with E-state index in [0.29, 0.717) is 12.0 Å². The lowest BCUT2D eigenvalue weighted by atomic mass is 9.83. The van der Waals surface area contributed by atoms with Crippen molar-refractivity contribution in [2.24, 2.45) is 17.8 Å². The lowest BCUT2D eigenvalue weighted by molar-refractivity contribution is -0.175. The smallest absolute Gasteiger partial charge is 0.337 e. The molecule has 0 aromatic carbocycles. The number of carbonyl (C=O) groups is 4. The van der Waals surface area contributed by atoms with Gasteiger partial charge in [-0.15, -0.1) is 0 Å². The maximum atomic E-state index is 12.9. The molecule has 0 spiro atoms. The fourth-order valence-corrected chi connectivity index (χ4v) is 3.79. The van der Waals surface area contributed by atoms with Crippen LogP contribution >= 0.6 is 0 Å². The van der Waals surface area contributed by atoms with Crippen LogP contribution in [-0.4, -0.2) is 72.2 Å². The number of fused-ring (bicyclic) bond motifs is 1. The topological polar surface area (TPSA) is 146 Å². The average molecular weight is 495 g/mol. The Labute approximate surface area is 204 Å². The summed E-state index contributed by atoms with van der Waals surface area (Å²) in [5.74, 6) is -5.27. The molecule has 35 heavy (non-hydrogen) atoms. The summed E-state index contributed by atoms with van der Waals surface area (Å²) in [6.07, 6.45) is -2.40. The van der Waals surface area contributed by atoms with Gasteiger partial charge in [0.1, 0.15) is 6.10 Å². The second kappa shape index (κ2) is 12.1. The molecular weight excluding hydrogens is 460 g/mol. The molecule has 2 aliphatic rings. The van der Waals surface area contributed by atoms with E-state index in [1.54, 1.807) is 27.7 Å². The molecule has 1 aliphatic carbocycles. The predicted octanol–water partition coefficient (Wildman–Crippen LogP) is 1.39. The molecule has 6 atom stereocenters.